The van der Waals surface area contributed by atoms with E-state index >= 15 is 0 Å². The fraction of sp³-hybridized carbons (Fsp3) is 0.562. The van der Waals surface area contributed by atoms with Crippen LogP contribution in [0.2, 0.25) is 0 Å². The van der Waals surface area contributed by atoms with Crippen LogP contribution in [0.15, 0.2) is 24.3 Å². The summed E-state index contributed by atoms with van der Waals surface area (Å²) < 4.78 is 28.3. The Morgan fingerprint density at radius 2 is 1.57 bits per heavy atom. The standard InChI is InChI=1S/C16H22N4O2S/c17-13-15-5-1-2-6-16(15)14-18-9-11-20(12-10-18)23(21,22)19-7-3-4-8-19/h1-2,5-6H,3-4,7-12,14H2. The van der Waals surface area contributed by atoms with Crippen molar-refractivity contribution in [2.75, 3.05) is 39.3 Å². The van der Waals surface area contributed by atoms with Crippen molar-refractivity contribution in [1.82, 2.24) is 13.5 Å². The Bertz CT molecular complexity index is 684. The summed E-state index contributed by atoms with van der Waals surface area (Å²) in [6, 6.07) is 9.80. The summed E-state index contributed by atoms with van der Waals surface area (Å²) in [4.78, 5) is 2.21. The van der Waals surface area contributed by atoms with Crippen LogP contribution in [0.4, 0.5) is 0 Å². The van der Waals surface area contributed by atoms with Gasteiger partial charge in [-0.05, 0) is 24.5 Å². The molecule has 2 fully saturated rings. The van der Waals surface area contributed by atoms with E-state index in [1.165, 1.54) is 0 Å². The van der Waals surface area contributed by atoms with Gasteiger partial charge in [-0.1, -0.05) is 18.2 Å². The molecule has 0 atom stereocenters. The summed E-state index contributed by atoms with van der Waals surface area (Å²) in [7, 11) is -3.28. The third-order valence-corrected chi connectivity index (χ3v) is 6.62. The lowest BCUT2D eigenvalue weighted by molar-refractivity contribution is 0.176. The van der Waals surface area contributed by atoms with Gasteiger partial charge in [-0.25, -0.2) is 0 Å². The molecule has 2 saturated heterocycles. The maximum atomic E-state index is 12.5. The smallest absolute Gasteiger partial charge is 0.282 e. The molecule has 2 aliphatic rings. The third kappa shape index (κ3) is 3.56. The van der Waals surface area contributed by atoms with E-state index in [4.69, 9.17) is 5.26 Å². The van der Waals surface area contributed by atoms with Gasteiger partial charge in [0.1, 0.15) is 0 Å². The number of piperazine rings is 1. The molecule has 0 bridgehead atoms. The Labute approximate surface area is 138 Å². The number of nitriles is 1. The third-order valence-electron chi connectivity index (χ3n) is 4.58. The average Bonchev–Trinajstić information content (AvgIpc) is 3.11. The van der Waals surface area contributed by atoms with Crippen LogP contribution in [0.25, 0.3) is 0 Å². The quantitative estimate of drug-likeness (QED) is 0.824. The SMILES string of the molecule is N#Cc1ccccc1CN1CCN(S(=O)(=O)N2CCCC2)CC1. The molecule has 1 aromatic rings. The fourth-order valence-electron chi connectivity index (χ4n) is 3.21. The fourth-order valence-corrected chi connectivity index (χ4v) is 4.88. The molecule has 0 saturated carbocycles. The van der Waals surface area contributed by atoms with Crippen LogP contribution >= 0.6 is 0 Å². The van der Waals surface area contributed by atoms with E-state index < -0.39 is 10.2 Å². The monoisotopic (exact) mass is 334 g/mol. The Morgan fingerprint density at radius 1 is 0.957 bits per heavy atom. The maximum absolute atomic E-state index is 12.5. The van der Waals surface area contributed by atoms with Crippen LogP contribution in [0.3, 0.4) is 0 Å². The molecule has 0 aliphatic carbocycles. The largest absolute Gasteiger partial charge is 0.296 e. The second-order valence-corrected chi connectivity index (χ2v) is 7.99. The van der Waals surface area contributed by atoms with E-state index in [2.05, 4.69) is 11.0 Å². The Hall–Kier alpha value is -1.46. The molecular weight excluding hydrogens is 312 g/mol. The summed E-state index contributed by atoms with van der Waals surface area (Å²) in [5.74, 6) is 0. The molecular formula is C16H22N4O2S. The van der Waals surface area contributed by atoms with Gasteiger partial charge in [0.25, 0.3) is 10.2 Å². The molecule has 0 spiro atoms. The van der Waals surface area contributed by atoms with Gasteiger partial charge in [0.2, 0.25) is 0 Å². The molecule has 0 radical (unpaired) electrons. The molecule has 6 nitrogen and oxygen atoms in total. The molecule has 2 aliphatic heterocycles. The number of benzene rings is 1. The van der Waals surface area contributed by atoms with Crippen molar-refractivity contribution < 1.29 is 8.42 Å². The van der Waals surface area contributed by atoms with E-state index in [9.17, 15) is 8.42 Å². The van der Waals surface area contributed by atoms with Crippen molar-refractivity contribution in [3.05, 3.63) is 35.4 Å². The number of hydrogen-bond donors (Lipinski definition) is 0. The maximum Gasteiger partial charge on any atom is 0.282 e. The molecule has 124 valence electrons. The van der Waals surface area contributed by atoms with Crippen molar-refractivity contribution in [3.8, 4) is 6.07 Å². The van der Waals surface area contributed by atoms with Crippen molar-refractivity contribution in [2.45, 2.75) is 19.4 Å². The lowest BCUT2D eigenvalue weighted by Gasteiger charge is -2.35. The highest BCUT2D eigenvalue weighted by Gasteiger charge is 2.33. The van der Waals surface area contributed by atoms with Crippen LogP contribution < -0.4 is 0 Å². The second kappa shape index (κ2) is 6.97. The van der Waals surface area contributed by atoms with Gasteiger partial charge in [0, 0.05) is 45.8 Å². The number of nitrogens with zero attached hydrogens (tertiary/aromatic N) is 4. The molecule has 7 heteroatoms. The summed E-state index contributed by atoms with van der Waals surface area (Å²) >= 11 is 0. The number of hydrogen-bond acceptors (Lipinski definition) is 4. The van der Waals surface area contributed by atoms with Gasteiger partial charge in [-0.15, -0.1) is 0 Å². The number of rotatable bonds is 4. The van der Waals surface area contributed by atoms with Crippen molar-refractivity contribution in [3.63, 3.8) is 0 Å². The predicted molar refractivity (Wildman–Crippen MR) is 87.7 cm³/mol. The molecule has 3 rings (SSSR count). The normalized spacial score (nSPS) is 21.3. The van der Waals surface area contributed by atoms with Crippen molar-refractivity contribution >= 4 is 10.2 Å². The van der Waals surface area contributed by atoms with Crippen LogP contribution in [0.1, 0.15) is 24.0 Å². The average molecular weight is 334 g/mol. The van der Waals surface area contributed by atoms with E-state index in [1.54, 1.807) is 8.61 Å². The first-order chi connectivity index (χ1) is 11.1. The van der Waals surface area contributed by atoms with E-state index in [1.807, 2.05) is 24.3 Å². The second-order valence-electron chi connectivity index (χ2n) is 6.06. The Morgan fingerprint density at radius 3 is 2.22 bits per heavy atom. The Balaban J connectivity index is 1.59. The highest BCUT2D eigenvalue weighted by molar-refractivity contribution is 7.86. The molecule has 1 aromatic carbocycles. The first kappa shape index (κ1) is 16.4. The zero-order valence-corrected chi connectivity index (χ0v) is 14.0. The zero-order chi connectivity index (χ0) is 16.3. The van der Waals surface area contributed by atoms with Gasteiger partial charge in [-0.3, -0.25) is 4.90 Å². The van der Waals surface area contributed by atoms with E-state index in [0.29, 0.717) is 51.4 Å². The summed E-state index contributed by atoms with van der Waals surface area (Å²) in [5.41, 5.74) is 1.70. The Kier molecular flexibility index (Phi) is 4.97. The molecule has 2 heterocycles. The molecule has 23 heavy (non-hydrogen) atoms. The van der Waals surface area contributed by atoms with Crippen molar-refractivity contribution in [2.24, 2.45) is 0 Å². The molecule has 0 unspecified atom stereocenters. The minimum Gasteiger partial charge on any atom is -0.296 e. The van der Waals surface area contributed by atoms with Gasteiger partial charge in [-0.2, -0.15) is 22.3 Å². The molecule has 0 aromatic heterocycles. The van der Waals surface area contributed by atoms with Gasteiger partial charge < -0.3 is 0 Å². The van der Waals surface area contributed by atoms with Crippen LogP contribution in [-0.2, 0) is 16.8 Å². The van der Waals surface area contributed by atoms with Crippen molar-refractivity contribution in [1.29, 1.82) is 5.26 Å². The summed E-state index contributed by atoms with van der Waals surface area (Å²) in [6.45, 7) is 4.44. The van der Waals surface area contributed by atoms with Gasteiger partial charge >= 0.3 is 0 Å². The topological polar surface area (TPSA) is 67.6 Å². The predicted octanol–water partition coefficient (Wildman–Crippen LogP) is 1.02. The first-order valence-electron chi connectivity index (χ1n) is 8.07. The lowest BCUT2D eigenvalue weighted by Crippen LogP contribution is -2.52. The minimum absolute atomic E-state index is 0.521. The van der Waals surface area contributed by atoms with Crippen LogP contribution in [0.5, 0.6) is 0 Å². The minimum atomic E-state index is -3.28. The highest BCUT2D eigenvalue weighted by atomic mass is 32.2. The highest BCUT2D eigenvalue weighted by Crippen LogP contribution is 2.19. The van der Waals surface area contributed by atoms with E-state index in [0.717, 1.165) is 18.4 Å². The van der Waals surface area contributed by atoms with Crippen LogP contribution in [0, 0.1) is 11.3 Å². The molecule has 0 amide bonds. The zero-order valence-electron chi connectivity index (χ0n) is 13.2. The first-order valence-corrected chi connectivity index (χ1v) is 9.46. The lowest BCUT2D eigenvalue weighted by atomic mass is 10.1. The van der Waals surface area contributed by atoms with Gasteiger partial charge in [0.05, 0.1) is 11.6 Å². The summed E-state index contributed by atoms with van der Waals surface area (Å²) in [5, 5.41) is 9.16. The van der Waals surface area contributed by atoms with Gasteiger partial charge in [0.15, 0.2) is 0 Å². The molecule has 0 N–H and O–H groups in total. The van der Waals surface area contributed by atoms with Crippen LogP contribution in [-0.4, -0.2) is 61.2 Å². The summed E-state index contributed by atoms with van der Waals surface area (Å²) in [6.07, 6.45) is 1.92. The van der Waals surface area contributed by atoms with E-state index in [-0.39, 0.29) is 0 Å².